The number of ether oxygens (including phenoxy) is 4. The first kappa shape index (κ1) is 118. The molecule has 41 heteroatoms. The number of carboxylic acid groups (broad SMARTS) is 1. The minimum atomic E-state index is -1.98. The quantitative estimate of drug-likeness (QED) is 0.0343. The van der Waals surface area contributed by atoms with Gasteiger partial charge in [0.2, 0.25) is 76.8 Å². The third-order valence-electron chi connectivity index (χ3n) is 26.4. The van der Waals surface area contributed by atoms with Crippen molar-refractivity contribution in [2.75, 3.05) is 141 Å². The number of aliphatic hydroxyl groups excluding tert-OH is 4. The standard InChI is InChI=1S/C97H151N13O27S/c1-21-59(6)86(73(134-18)48-77(116)109-43-31-37-70(109)91(135-19)61(8)71(114)44-60(7)87(123)64-32-25-22-26-33-64)107(16)95(130)84(57(2)3)100-93(128)85(58(4)5)108(17)97(133)136-56-63-38-39-72(137-74-47-68(96(131)132)88(124)90(126)89(74)125)69(45-63)99-76(115)40-41-98-92(127)65(46-66(112)35-29-24-30-42-110-78(117)49-75(138-20)94(110)129)34-27-23-28-36-67(113)50-102(11)80(119)52-104(13)82(121)54-106(15)83(122)55-105(14)81(120)53-103(12)79(118)51-101(10)62(9)111/h22,25-26,32-33,38-39,45,57-61,65,68,70,73-75,84-91,123-126H,21,23-24,27-31,34-37,40-44,46-56H2,1-20H3,(H,98,127)(H,99,115)(H,100,128)(H,131,132)/t59-,60-,61-,65-,68-,70?,73+,74+,75?,84-,85-,86-,87+,88+,89-,90-,91+/m0/s1. The minimum Gasteiger partial charge on any atom is -0.485 e. The molecule has 0 aromatic heterocycles. The molecule has 1 aliphatic carbocycles. The maximum atomic E-state index is 15.1. The number of hydrogen-bond acceptors (Lipinski definition) is 27. The third-order valence-corrected chi connectivity index (χ3v) is 27.4. The molecule has 0 bridgehead atoms. The molecule has 0 spiro atoms. The van der Waals surface area contributed by atoms with Crippen molar-refractivity contribution in [3.05, 3.63) is 59.7 Å². The van der Waals surface area contributed by atoms with Gasteiger partial charge in [-0.05, 0) is 91.7 Å². The van der Waals surface area contributed by atoms with Gasteiger partial charge in [-0.2, -0.15) is 11.8 Å². The molecule has 2 heterocycles. The second-order valence-electron chi connectivity index (χ2n) is 37.7. The molecule has 2 aliphatic heterocycles. The van der Waals surface area contributed by atoms with Gasteiger partial charge in [0.25, 0.3) is 0 Å². The van der Waals surface area contributed by atoms with Gasteiger partial charge in [-0.3, -0.25) is 91.3 Å². The van der Waals surface area contributed by atoms with Gasteiger partial charge in [-0.1, -0.05) is 117 Å². The number of likely N-dealkylation sites (N-methyl/N-ethyl adjacent to an activating group) is 8. The van der Waals surface area contributed by atoms with Gasteiger partial charge in [-0.25, -0.2) is 4.79 Å². The van der Waals surface area contributed by atoms with Crippen LogP contribution in [0.4, 0.5) is 10.5 Å². The summed E-state index contributed by atoms with van der Waals surface area (Å²) in [6.07, 6.45) is -5.57. The van der Waals surface area contributed by atoms with Crippen LogP contribution in [0.5, 0.6) is 5.75 Å². The summed E-state index contributed by atoms with van der Waals surface area (Å²) in [6.45, 7) is 13.1. The topological polar surface area (TPSA) is 514 Å². The number of aliphatic carboxylic acids is 1. The van der Waals surface area contributed by atoms with E-state index in [2.05, 4.69) is 16.0 Å². The molecule has 3 aliphatic rings. The zero-order valence-electron chi connectivity index (χ0n) is 84.0. The molecule has 8 N–H and O–H groups in total. The minimum absolute atomic E-state index is 0.0113. The van der Waals surface area contributed by atoms with Crippen molar-refractivity contribution in [1.29, 1.82) is 0 Å². The Morgan fingerprint density at radius 1 is 0.616 bits per heavy atom. The average molecular weight is 1960 g/mol. The number of nitrogens with zero attached hydrogens (tertiary/aromatic N) is 10. The fraction of sp³-hybridized carbons (Fsp3) is 0.691. The smallest absolute Gasteiger partial charge is 0.410 e. The van der Waals surface area contributed by atoms with E-state index in [1.165, 1.54) is 115 Å². The van der Waals surface area contributed by atoms with Gasteiger partial charge < -0.3 is 99.6 Å². The lowest BCUT2D eigenvalue weighted by atomic mass is 9.80. The summed E-state index contributed by atoms with van der Waals surface area (Å²) in [5.74, 6) is -13.9. The van der Waals surface area contributed by atoms with Crippen LogP contribution in [-0.2, 0) is 102 Å². The van der Waals surface area contributed by atoms with E-state index in [0.717, 1.165) is 29.4 Å². The number of hydrogen-bond donors (Lipinski definition) is 8. The summed E-state index contributed by atoms with van der Waals surface area (Å²) in [5, 5.41) is 61.6. The van der Waals surface area contributed by atoms with Crippen molar-refractivity contribution in [2.24, 2.45) is 41.4 Å². The van der Waals surface area contributed by atoms with Crippen LogP contribution in [0.3, 0.4) is 0 Å². The number of carbonyl (C=O) groups excluding carboxylic acids is 17. The summed E-state index contributed by atoms with van der Waals surface area (Å²) in [6, 6.07) is 9.57. The van der Waals surface area contributed by atoms with Gasteiger partial charge in [0.1, 0.15) is 54.3 Å². The number of imide groups is 1. The Hall–Kier alpha value is -10.6. The summed E-state index contributed by atoms with van der Waals surface area (Å²) in [5.41, 5.74) is 0.765. The van der Waals surface area contributed by atoms with Crippen molar-refractivity contribution in [3.8, 4) is 5.75 Å². The fourth-order valence-electron chi connectivity index (χ4n) is 17.4. The number of methoxy groups -OCH3 is 2. The number of rotatable bonds is 58. The van der Waals surface area contributed by atoms with Crippen LogP contribution in [0.2, 0.25) is 0 Å². The molecule has 1 saturated carbocycles. The molecule has 3 fully saturated rings. The Balaban J connectivity index is 1.25. The largest absolute Gasteiger partial charge is 0.485 e. The molecule has 772 valence electrons. The molecule has 2 saturated heterocycles. The van der Waals surface area contributed by atoms with Crippen molar-refractivity contribution < 1.29 is 131 Å². The van der Waals surface area contributed by atoms with E-state index >= 15 is 4.79 Å². The van der Waals surface area contributed by atoms with Gasteiger partial charge in [0.05, 0.1) is 99.0 Å². The number of thioether (sulfide) groups is 1. The highest BCUT2D eigenvalue weighted by atomic mass is 32.2. The first-order valence-corrected chi connectivity index (χ1v) is 48.8. The number of nitrogens with one attached hydrogen (secondary N) is 3. The van der Waals surface area contributed by atoms with E-state index in [0.29, 0.717) is 69.9 Å². The lowest BCUT2D eigenvalue weighted by Gasteiger charge is -2.41. The monoisotopic (exact) mass is 1960 g/mol. The molecular weight excluding hydrogens is 1810 g/mol. The SMILES string of the molecule is CC[C@H](C)[C@@H]([C@@H](CC(=O)N1CCCC1[C@H](OC)[C@@H](C)C(=O)C[C@H](C)[C@@H](O)c1ccccc1)OC)N(C)C(=O)[C@@H](NC(=O)[C@H](C(C)C)N(C)C(=O)OCc1ccc(O[C@@H]2C[C@H](C(=O)O)[C@@H](O)[C@H](O)[C@H]2O)c(NC(=O)CCNC(=O)[C@@H](CCCCCC(=O)CN(C)C(=O)CN(C)C(=O)CN(C)C(=O)CN(C)C(=O)CN(C)C(=O)CN(C)C(C)=O)CC(=O)CCCCCN2C(=O)CC(SC)C2=O)c1)C(C)C. The number of Topliss-reactive ketones (excluding diaryl/α,β-unsaturated/α-hetero) is 3. The normalized spacial score (nSPS) is 19.2. The maximum Gasteiger partial charge on any atom is 0.410 e. The highest BCUT2D eigenvalue weighted by Crippen LogP contribution is 2.37. The number of carboxylic acids is 1. The van der Waals surface area contributed by atoms with Crippen molar-refractivity contribution >= 4 is 124 Å². The highest BCUT2D eigenvalue weighted by molar-refractivity contribution is 8.00. The Bertz CT molecular complexity index is 4490. The summed E-state index contributed by atoms with van der Waals surface area (Å²) in [4.78, 5) is 254. The molecule has 14 amide bonds. The predicted octanol–water partition coefficient (Wildman–Crippen LogP) is 3.97. The summed E-state index contributed by atoms with van der Waals surface area (Å²) in [7, 11) is 14.1. The number of ketones is 3. The van der Waals surface area contributed by atoms with Crippen LogP contribution in [0, 0.1) is 41.4 Å². The number of likely N-dealkylation sites (tertiary alicyclic amines) is 2. The molecule has 2 aromatic carbocycles. The lowest BCUT2D eigenvalue weighted by Crippen LogP contribution is -2.60. The number of aliphatic hydroxyl groups is 4. The molecule has 2 aromatic rings. The van der Waals surface area contributed by atoms with Crippen molar-refractivity contribution in [3.63, 3.8) is 0 Å². The van der Waals surface area contributed by atoms with Crippen LogP contribution in [0.1, 0.15) is 195 Å². The van der Waals surface area contributed by atoms with Crippen LogP contribution in [0.25, 0.3) is 0 Å². The molecule has 2 unspecified atom stereocenters. The van der Waals surface area contributed by atoms with E-state index in [1.807, 2.05) is 51.1 Å². The van der Waals surface area contributed by atoms with Crippen molar-refractivity contribution in [1.82, 2.24) is 59.6 Å². The molecule has 138 heavy (non-hydrogen) atoms. The van der Waals surface area contributed by atoms with E-state index in [-0.39, 0.29) is 142 Å². The van der Waals surface area contributed by atoms with E-state index < -0.39 is 212 Å². The van der Waals surface area contributed by atoms with Crippen LogP contribution >= 0.6 is 11.8 Å². The summed E-state index contributed by atoms with van der Waals surface area (Å²) >= 11 is 1.30. The van der Waals surface area contributed by atoms with Crippen molar-refractivity contribution in [2.45, 2.75) is 257 Å². The molecule has 0 radical (unpaired) electrons. The zero-order valence-corrected chi connectivity index (χ0v) is 84.8. The Kier molecular flexibility index (Phi) is 48.9. The number of unbranched alkanes of at least 4 members (excludes halogenated alkanes) is 4. The lowest BCUT2D eigenvalue weighted by molar-refractivity contribution is -0.174. The first-order chi connectivity index (χ1) is 64.9. The average Bonchev–Trinajstić information content (AvgIpc) is 1.15. The molecular formula is C97H151N13O27S. The number of amides is 14. The van der Waals surface area contributed by atoms with Crippen LogP contribution in [-0.4, -0.2) is 383 Å². The fourth-order valence-corrected chi connectivity index (χ4v) is 18.0. The second kappa shape index (κ2) is 57.2. The van der Waals surface area contributed by atoms with Gasteiger partial charge in [-0.15, -0.1) is 0 Å². The van der Waals surface area contributed by atoms with Crippen LogP contribution < -0.4 is 20.7 Å². The predicted molar refractivity (Wildman–Crippen MR) is 510 cm³/mol. The van der Waals surface area contributed by atoms with E-state index in [9.17, 15) is 107 Å². The molecule has 40 nitrogen and oxygen atoms in total. The molecule has 17 atom stereocenters. The highest BCUT2D eigenvalue weighted by Gasteiger charge is 2.49. The number of carbonyl (C=O) groups is 18. The summed E-state index contributed by atoms with van der Waals surface area (Å²) < 4.78 is 24.1. The van der Waals surface area contributed by atoms with Gasteiger partial charge in [0, 0.05) is 154 Å². The Morgan fingerprint density at radius 2 is 1.18 bits per heavy atom. The van der Waals surface area contributed by atoms with Gasteiger partial charge in [0.15, 0.2) is 5.78 Å². The maximum absolute atomic E-state index is 15.1. The zero-order chi connectivity index (χ0) is 104. The number of anilines is 1. The van der Waals surface area contributed by atoms with E-state index in [4.69, 9.17) is 18.9 Å². The van der Waals surface area contributed by atoms with E-state index in [1.54, 1.807) is 52.8 Å². The second-order valence-corrected chi connectivity index (χ2v) is 38.8. The van der Waals surface area contributed by atoms with Crippen LogP contribution in [0.15, 0.2) is 48.5 Å². The Labute approximate surface area is 814 Å². The molecule has 5 rings (SSSR count). The third kappa shape index (κ3) is 35.0. The first-order valence-electron chi connectivity index (χ1n) is 47.5. The Morgan fingerprint density at radius 3 is 1.71 bits per heavy atom. The van der Waals surface area contributed by atoms with Gasteiger partial charge >= 0.3 is 12.1 Å². The number of benzene rings is 2.